The molecule has 1 saturated heterocycles. The Balaban J connectivity index is 1.64. The van der Waals surface area contributed by atoms with Crippen LogP contribution in [0.25, 0.3) is 11.1 Å². The van der Waals surface area contributed by atoms with Crippen LogP contribution < -0.4 is 0 Å². The summed E-state index contributed by atoms with van der Waals surface area (Å²) in [6, 6.07) is 17.5. The van der Waals surface area contributed by atoms with E-state index in [0.717, 1.165) is 29.5 Å². The van der Waals surface area contributed by atoms with Gasteiger partial charge in [-0.1, -0.05) is 36.4 Å². The van der Waals surface area contributed by atoms with E-state index >= 15 is 0 Å². The van der Waals surface area contributed by atoms with Gasteiger partial charge in [0, 0.05) is 45.8 Å². The lowest BCUT2D eigenvalue weighted by atomic mass is 9.73. The summed E-state index contributed by atoms with van der Waals surface area (Å²) in [5, 5.41) is 0. The first-order chi connectivity index (χ1) is 15.5. The van der Waals surface area contributed by atoms with Crippen molar-refractivity contribution in [3.63, 3.8) is 0 Å². The SMILES string of the molecule is CN(C)C(=O)[C@]1(Cc2cccc(-c3cccnc3)c2)CCCN(C(=O)c2ccccn2)C1. The summed E-state index contributed by atoms with van der Waals surface area (Å²) in [6.45, 7) is 1.02. The fourth-order valence-corrected chi connectivity index (χ4v) is 4.61. The largest absolute Gasteiger partial charge is 0.348 e. The minimum absolute atomic E-state index is 0.0581. The number of nitrogens with zero attached hydrogens (tertiary/aromatic N) is 4. The van der Waals surface area contributed by atoms with Crippen LogP contribution in [0.5, 0.6) is 0 Å². The van der Waals surface area contributed by atoms with Gasteiger partial charge >= 0.3 is 0 Å². The maximum atomic E-state index is 13.4. The number of rotatable bonds is 5. The number of carbonyl (C=O) groups is 2. The summed E-state index contributed by atoms with van der Waals surface area (Å²) in [5.41, 5.74) is 2.94. The van der Waals surface area contributed by atoms with Gasteiger partial charge in [0.2, 0.25) is 5.91 Å². The van der Waals surface area contributed by atoms with E-state index in [1.807, 2.05) is 30.5 Å². The van der Waals surface area contributed by atoms with Crippen LogP contribution in [0.1, 0.15) is 28.9 Å². The summed E-state index contributed by atoms with van der Waals surface area (Å²) in [5.74, 6) is -0.0619. The number of carbonyl (C=O) groups excluding carboxylic acids is 2. The monoisotopic (exact) mass is 428 g/mol. The van der Waals surface area contributed by atoms with Crippen LogP contribution in [0.3, 0.4) is 0 Å². The molecule has 164 valence electrons. The molecule has 2 aromatic heterocycles. The van der Waals surface area contributed by atoms with E-state index in [1.165, 1.54) is 0 Å². The van der Waals surface area contributed by atoms with Crippen molar-refractivity contribution >= 4 is 11.8 Å². The van der Waals surface area contributed by atoms with Gasteiger partial charge in [-0.3, -0.25) is 19.6 Å². The van der Waals surface area contributed by atoms with Crippen LogP contribution in [0.2, 0.25) is 0 Å². The number of hydrogen-bond acceptors (Lipinski definition) is 4. The lowest BCUT2D eigenvalue weighted by molar-refractivity contribution is -0.142. The maximum Gasteiger partial charge on any atom is 0.272 e. The molecule has 2 amide bonds. The molecule has 1 fully saturated rings. The molecule has 1 aromatic carbocycles. The highest BCUT2D eigenvalue weighted by Crippen LogP contribution is 2.36. The lowest BCUT2D eigenvalue weighted by Crippen LogP contribution is -2.54. The average molecular weight is 429 g/mol. The highest BCUT2D eigenvalue weighted by atomic mass is 16.2. The Morgan fingerprint density at radius 1 is 1.03 bits per heavy atom. The van der Waals surface area contributed by atoms with Crippen molar-refractivity contribution in [3.8, 4) is 11.1 Å². The third kappa shape index (κ3) is 4.54. The third-order valence-corrected chi connectivity index (χ3v) is 6.07. The maximum absolute atomic E-state index is 13.4. The van der Waals surface area contributed by atoms with E-state index in [9.17, 15) is 9.59 Å². The van der Waals surface area contributed by atoms with E-state index < -0.39 is 5.41 Å². The van der Waals surface area contributed by atoms with Crippen molar-refractivity contribution in [1.82, 2.24) is 19.8 Å². The number of pyridine rings is 2. The van der Waals surface area contributed by atoms with Gasteiger partial charge in [-0.05, 0) is 54.2 Å². The van der Waals surface area contributed by atoms with Gasteiger partial charge in [0.1, 0.15) is 5.69 Å². The zero-order chi connectivity index (χ0) is 22.6. The third-order valence-electron chi connectivity index (χ3n) is 6.07. The van der Waals surface area contributed by atoms with Crippen LogP contribution in [-0.4, -0.2) is 58.8 Å². The highest BCUT2D eigenvalue weighted by Gasteiger charge is 2.44. The van der Waals surface area contributed by atoms with Gasteiger partial charge in [0.05, 0.1) is 5.41 Å². The van der Waals surface area contributed by atoms with Gasteiger partial charge < -0.3 is 9.80 Å². The number of aromatic nitrogens is 2. The van der Waals surface area contributed by atoms with Crippen molar-refractivity contribution < 1.29 is 9.59 Å². The zero-order valence-corrected chi connectivity index (χ0v) is 18.6. The minimum atomic E-state index is -0.667. The van der Waals surface area contributed by atoms with Crippen LogP contribution >= 0.6 is 0 Å². The second kappa shape index (κ2) is 9.30. The molecule has 0 unspecified atom stereocenters. The summed E-state index contributed by atoms with van der Waals surface area (Å²) < 4.78 is 0. The lowest BCUT2D eigenvalue weighted by Gasteiger charge is -2.43. The normalized spacial score (nSPS) is 18.2. The van der Waals surface area contributed by atoms with E-state index in [-0.39, 0.29) is 11.8 Å². The Bertz CT molecular complexity index is 1090. The Kier molecular flexibility index (Phi) is 6.30. The first-order valence-corrected chi connectivity index (χ1v) is 10.9. The molecule has 4 rings (SSSR count). The van der Waals surface area contributed by atoms with E-state index in [1.54, 1.807) is 48.4 Å². The molecule has 0 spiro atoms. The molecule has 3 heterocycles. The number of benzene rings is 1. The van der Waals surface area contributed by atoms with Gasteiger partial charge in [-0.2, -0.15) is 0 Å². The fourth-order valence-electron chi connectivity index (χ4n) is 4.61. The topological polar surface area (TPSA) is 66.4 Å². The van der Waals surface area contributed by atoms with Crippen molar-refractivity contribution in [2.24, 2.45) is 5.41 Å². The molecule has 1 aliphatic heterocycles. The molecule has 0 radical (unpaired) electrons. The molecule has 6 nitrogen and oxygen atoms in total. The van der Waals surface area contributed by atoms with E-state index in [2.05, 4.69) is 28.2 Å². The molecule has 32 heavy (non-hydrogen) atoms. The van der Waals surface area contributed by atoms with Crippen LogP contribution in [0.15, 0.2) is 73.2 Å². The predicted molar refractivity (Wildman–Crippen MR) is 124 cm³/mol. The standard InChI is InChI=1S/C26H28N4O2/c1-29(2)25(32)26(12-7-15-30(19-26)24(31)23-11-3-4-14-28-23)17-20-8-5-9-21(16-20)22-10-6-13-27-18-22/h3-6,8-11,13-14,16,18H,7,12,15,17,19H2,1-2H3/t26-/m0/s1. The molecule has 1 atom stereocenters. The minimum Gasteiger partial charge on any atom is -0.348 e. The fraction of sp³-hybridized carbons (Fsp3) is 0.308. The summed E-state index contributed by atoms with van der Waals surface area (Å²) in [4.78, 5) is 38.4. The van der Waals surface area contributed by atoms with Crippen LogP contribution in [0.4, 0.5) is 0 Å². The number of piperidine rings is 1. The Hall–Kier alpha value is -3.54. The molecule has 0 saturated carbocycles. The average Bonchev–Trinajstić information content (AvgIpc) is 2.84. The quantitative estimate of drug-likeness (QED) is 0.622. The smallest absolute Gasteiger partial charge is 0.272 e. The van der Waals surface area contributed by atoms with Crippen molar-refractivity contribution in [2.45, 2.75) is 19.3 Å². The molecular weight excluding hydrogens is 400 g/mol. The number of hydrogen-bond donors (Lipinski definition) is 0. The second-order valence-corrected chi connectivity index (χ2v) is 8.64. The first kappa shape index (κ1) is 21.7. The Morgan fingerprint density at radius 3 is 2.59 bits per heavy atom. The molecule has 6 heteroatoms. The van der Waals surface area contributed by atoms with Crippen molar-refractivity contribution in [1.29, 1.82) is 0 Å². The number of likely N-dealkylation sites (tertiary alicyclic amines) is 1. The predicted octanol–water partition coefficient (Wildman–Crippen LogP) is 3.70. The van der Waals surface area contributed by atoms with Gasteiger partial charge in [0.15, 0.2) is 0 Å². The van der Waals surface area contributed by atoms with Gasteiger partial charge in [-0.15, -0.1) is 0 Å². The molecular formula is C26H28N4O2. The van der Waals surface area contributed by atoms with E-state index in [0.29, 0.717) is 25.2 Å². The van der Waals surface area contributed by atoms with Crippen molar-refractivity contribution in [2.75, 3.05) is 27.2 Å². The van der Waals surface area contributed by atoms with Gasteiger partial charge in [0.25, 0.3) is 5.91 Å². The van der Waals surface area contributed by atoms with Gasteiger partial charge in [-0.25, -0.2) is 0 Å². The van der Waals surface area contributed by atoms with Crippen molar-refractivity contribution in [3.05, 3.63) is 84.4 Å². The Morgan fingerprint density at radius 2 is 1.88 bits per heavy atom. The molecule has 3 aromatic rings. The van der Waals surface area contributed by atoms with Crippen LogP contribution in [-0.2, 0) is 11.2 Å². The summed E-state index contributed by atoms with van der Waals surface area (Å²) >= 11 is 0. The van der Waals surface area contributed by atoms with E-state index in [4.69, 9.17) is 0 Å². The number of amides is 2. The zero-order valence-electron chi connectivity index (χ0n) is 18.6. The summed E-state index contributed by atoms with van der Waals surface area (Å²) in [6.07, 6.45) is 7.32. The summed E-state index contributed by atoms with van der Waals surface area (Å²) in [7, 11) is 3.57. The first-order valence-electron chi connectivity index (χ1n) is 10.9. The molecule has 0 aliphatic carbocycles. The van der Waals surface area contributed by atoms with Crippen LogP contribution in [0, 0.1) is 5.41 Å². The second-order valence-electron chi connectivity index (χ2n) is 8.64. The molecule has 0 N–H and O–H groups in total. The highest BCUT2D eigenvalue weighted by molar-refractivity contribution is 5.93. The molecule has 0 bridgehead atoms. The molecule has 1 aliphatic rings. The Labute approximate surface area is 188 Å².